The van der Waals surface area contributed by atoms with Gasteiger partial charge in [-0.25, -0.2) is 5.84 Å². The molecule has 6 nitrogen and oxygen atoms in total. The van der Waals surface area contributed by atoms with E-state index in [-0.39, 0.29) is 11.3 Å². The molecule has 0 radical (unpaired) electrons. The van der Waals surface area contributed by atoms with E-state index >= 15 is 0 Å². The van der Waals surface area contributed by atoms with E-state index < -0.39 is 5.91 Å². The summed E-state index contributed by atoms with van der Waals surface area (Å²) in [6.45, 7) is 0. The second-order valence-corrected chi connectivity index (χ2v) is 4.42. The van der Waals surface area contributed by atoms with Crippen LogP contribution in [0.4, 0.5) is 0 Å². The maximum Gasteiger partial charge on any atom is 0.286 e. The van der Waals surface area contributed by atoms with Crippen LogP contribution in [0.3, 0.4) is 0 Å². The van der Waals surface area contributed by atoms with Crippen molar-refractivity contribution in [2.75, 3.05) is 0 Å². The quantitative estimate of drug-likeness (QED) is 0.416. The third-order valence-corrected chi connectivity index (χ3v) is 3.15. The lowest BCUT2D eigenvalue weighted by atomic mass is 10.1. The van der Waals surface area contributed by atoms with E-state index in [9.17, 15) is 9.59 Å². The van der Waals surface area contributed by atoms with Crippen LogP contribution >= 0.6 is 0 Å². The number of carbonyl (C=O) groups excluding carboxylic acids is 1. The van der Waals surface area contributed by atoms with Crippen molar-refractivity contribution in [3.05, 3.63) is 70.6 Å². The standard InChI is InChI=1S/C15H12N4O2/c16-17-14(20)13-11-8-4-5-9-12(11)15(21)19(18-13)10-6-2-1-3-7-10/h1-9H,16H2,(H,17,20). The molecule has 1 heterocycles. The van der Waals surface area contributed by atoms with Crippen LogP contribution < -0.4 is 16.8 Å². The largest absolute Gasteiger partial charge is 0.289 e. The Morgan fingerprint density at radius 2 is 1.62 bits per heavy atom. The second kappa shape index (κ2) is 5.18. The van der Waals surface area contributed by atoms with E-state index in [2.05, 4.69) is 10.5 Å². The van der Waals surface area contributed by atoms with Gasteiger partial charge in [-0.05, 0) is 18.2 Å². The second-order valence-electron chi connectivity index (χ2n) is 4.42. The summed E-state index contributed by atoms with van der Waals surface area (Å²) in [5.74, 6) is 4.65. The normalized spacial score (nSPS) is 10.5. The minimum Gasteiger partial charge on any atom is -0.289 e. The third kappa shape index (κ3) is 2.17. The van der Waals surface area contributed by atoms with Gasteiger partial charge in [0.2, 0.25) is 0 Å². The third-order valence-electron chi connectivity index (χ3n) is 3.15. The molecular formula is C15H12N4O2. The highest BCUT2D eigenvalue weighted by molar-refractivity contribution is 6.04. The Hall–Kier alpha value is -2.99. The average Bonchev–Trinajstić information content (AvgIpc) is 2.55. The zero-order chi connectivity index (χ0) is 14.8. The van der Waals surface area contributed by atoms with Crippen LogP contribution in [0.25, 0.3) is 16.5 Å². The van der Waals surface area contributed by atoms with Crippen LogP contribution in [0, 0.1) is 0 Å². The van der Waals surface area contributed by atoms with Crippen molar-refractivity contribution in [3.63, 3.8) is 0 Å². The number of nitrogens with one attached hydrogen (secondary N) is 1. The number of benzene rings is 2. The van der Waals surface area contributed by atoms with Crippen LogP contribution in [0.5, 0.6) is 0 Å². The van der Waals surface area contributed by atoms with Gasteiger partial charge in [-0.15, -0.1) is 0 Å². The Kier molecular flexibility index (Phi) is 3.21. The summed E-state index contributed by atoms with van der Waals surface area (Å²) in [7, 11) is 0. The summed E-state index contributed by atoms with van der Waals surface area (Å²) in [5, 5.41) is 5.04. The zero-order valence-electron chi connectivity index (χ0n) is 11.0. The molecule has 1 amide bonds. The zero-order valence-corrected chi connectivity index (χ0v) is 11.0. The number of nitrogens with zero attached hydrogens (tertiary/aromatic N) is 2. The highest BCUT2D eigenvalue weighted by Crippen LogP contribution is 2.14. The molecule has 104 valence electrons. The summed E-state index contributed by atoms with van der Waals surface area (Å²) < 4.78 is 1.20. The number of hydrogen-bond acceptors (Lipinski definition) is 4. The number of carbonyl (C=O) groups is 1. The van der Waals surface area contributed by atoms with E-state index in [1.807, 2.05) is 6.07 Å². The molecule has 0 fully saturated rings. The smallest absolute Gasteiger partial charge is 0.286 e. The highest BCUT2D eigenvalue weighted by atomic mass is 16.2. The molecule has 0 bridgehead atoms. The maximum atomic E-state index is 12.5. The van der Waals surface area contributed by atoms with Gasteiger partial charge < -0.3 is 0 Å². The molecule has 0 spiro atoms. The van der Waals surface area contributed by atoms with Crippen molar-refractivity contribution in [1.82, 2.24) is 15.2 Å². The van der Waals surface area contributed by atoms with Gasteiger partial charge in [0.1, 0.15) is 0 Å². The fraction of sp³-hybridized carbons (Fsp3) is 0. The number of hydrogen-bond donors (Lipinski definition) is 2. The summed E-state index contributed by atoms with van der Waals surface area (Å²) in [6, 6.07) is 15.7. The van der Waals surface area contributed by atoms with Gasteiger partial charge >= 0.3 is 0 Å². The lowest BCUT2D eigenvalue weighted by Crippen LogP contribution is -2.33. The first kappa shape index (κ1) is 13.0. The van der Waals surface area contributed by atoms with Gasteiger partial charge in [0.05, 0.1) is 11.1 Å². The van der Waals surface area contributed by atoms with Crippen molar-refractivity contribution in [2.24, 2.45) is 5.84 Å². The van der Waals surface area contributed by atoms with Crippen LogP contribution in [0.2, 0.25) is 0 Å². The van der Waals surface area contributed by atoms with Crippen molar-refractivity contribution < 1.29 is 4.79 Å². The first-order valence-electron chi connectivity index (χ1n) is 6.31. The maximum absolute atomic E-state index is 12.5. The molecule has 21 heavy (non-hydrogen) atoms. The molecule has 3 rings (SSSR count). The molecule has 3 aromatic rings. The van der Waals surface area contributed by atoms with Crippen molar-refractivity contribution in [3.8, 4) is 5.69 Å². The first-order valence-corrected chi connectivity index (χ1v) is 6.31. The fourth-order valence-corrected chi connectivity index (χ4v) is 2.17. The van der Waals surface area contributed by atoms with Crippen LogP contribution in [-0.2, 0) is 0 Å². The number of amides is 1. The molecule has 0 saturated carbocycles. The molecule has 0 saturated heterocycles. The number of nitrogens with two attached hydrogens (primary N) is 1. The number of nitrogen functional groups attached to an aromatic ring is 1. The molecular weight excluding hydrogens is 268 g/mol. The molecule has 0 aliphatic rings. The van der Waals surface area contributed by atoms with Gasteiger partial charge in [0.25, 0.3) is 11.5 Å². The number of para-hydroxylation sites is 1. The molecule has 0 aliphatic heterocycles. The van der Waals surface area contributed by atoms with Gasteiger partial charge in [0, 0.05) is 5.39 Å². The molecule has 6 heteroatoms. The lowest BCUT2D eigenvalue weighted by molar-refractivity contribution is 0.0949. The minimum absolute atomic E-state index is 0.108. The SMILES string of the molecule is NNC(=O)c1nn(-c2ccccc2)c(=O)c2ccccc12. The number of hydrazine groups is 1. The molecule has 0 aliphatic carbocycles. The predicted molar refractivity (Wildman–Crippen MR) is 79.0 cm³/mol. The fourth-order valence-electron chi connectivity index (χ4n) is 2.17. The minimum atomic E-state index is -0.545. The highest BCUT2D eigenvalue weighted by Gasteiger charge is 2.16. The molecule has 3 N–H and O–H groups in total. The predicted octanol–water partition coefficient (Wildman–Crippen LogP) is 0.989. The Labute approximate surface area is 119 Å². The van der Waals surface area contributed by atoms with Crippen LogP contribution in [0.1, 0.15) is 10.5 Å². The number of aromatic nitrogens is 2. The van der Waals surface area contributed by atoms with Gasteiger partial charge in [-0.2, -0.15) is 9.78 Å². The summed E-state index contributed by atoms with van der Waals surface area (Å²) in [6.07, 6.45) is 0. The first-order chi connectivity index (χ1) is 10.2. The van der Waals surface area contributed by atoms with Crippen molar-refractivity contribution in [1.29, 1.82) is 0 Å². The molecule has 0 atom stereocenters. The van der Waals surface area contributed by atoms with Crippen LogP contribution in [0.15, 0.2) is 59.4 Å². The van der Waals surface area contributed by atoms with E-state index in [0.29, 0.717) is 16.5 Å². The summed E-state index contributed by atoms with van der Waals surface area (Å²) in [4.78, 5) is 24.4. The monoisotopic (exact) mass is 280 g/mol. The van der Waals surface area contributed by atoms with Gasteiger partial charge in [0.15, 0.2) is 5.69 Å². The van der Waals surface area contributed by atoms with Gasteiger partial charge in [-0.3, -0.25) is 15.0 Å². The van der Waals surface area contributed by atoms with Crippen molar-refractivity contribution >= 4 is 16.7 Å². The van der Waals surface area contributed by atoms with E-state index in [4.69, 9.17) is 5.84 Å². The molecule has 0 unspecified atom stereocenters. The Balaban J connectivity index is 2.40. The topological polar surface area (TPSA) is 90.0 Å². The van der Waals surface area contributed by atoms with E-state index in [0.717, 1.165) is 0 Å². The lowest BCUT2D eigenvalue weighted by Gasteiger charge is -2.09. The molecule has 1 aromatic heterocycles. The number of rotatable bonds is 2. The Bertz CT molecular complexity index is 872. The van der Waals surface area contributed by atoms with E-state index in [1.54, 1.807) is 48.5 Å². The van der Waals surface area contributed by atoms with Crippen LogP contribution in [-0.4, -0.2) is 15.7 Å². The molecule has 2 aromatic carbocycles. The number of fused-ring (bicyclic) bond motifs is 1. The van der Waals surface area contributed by atoms with Crippen molar-refractivity contribution in [2.45, 2.75) is 0 Å². The van der Waals surface area contributed by atoms with E-state index in [1.165, 1.54) is 4.68 Å². The summed E-state index contributed by atoms with van der Waals surface area (Å²) in [5.41, 5.74) is 2.46. The van der Waals surface area contributed by atoms with Gasteiger partial charge in [-0.1, -0.05) is 36.4 Å². The Morgan fingerprint density at radius 1 is 1.00 bits per heavy atom. The Morgan fingerprint density at radius 3 is 2.29 bits per heavy atom. The average molecular weight is 280 g/mol. The summed E-state index contributed by atoms with van der Waals surface area (Å²) >= 11 is 0.